The molecule has 8 heteroatoms. The second-order valence-corrected chi connectivity index (χ2v) is 5.07. The molecule has 0 unspecified atom stereocenters. The van der Waals surface area contributed by atoms with Crippen LogP contribution in [0.1, 0.15) is 10.4 Å². The van der Waals surface area contributed by atoms with Gasteiger partial charge >= 0.3 is 6.03 Å². The largest absolute Gasteiger partial charge is 0.328 e. The highest BCUT2D eigenvalue weighted by Crippen LogP contribution is 2.21. The van der Waals surface area contributed by atoms with Crippen molar-refractivity contribution in [1.29, 1.82) is 0 Å². The number of thiol groups is 1. The van der Waals surface area contributed by atoms with Crippen LogP contribution in [0, 0.1) is 17.5 Å². The minimum atomic E-state index is -1.26. The number of hydrogen-bond donors (Lipinski definition) is 2. The van der Waals surface area contributed by atoms with E-state index in [0.717, 1.165) is 29.2 Å². The maximum atomic E-state index is 13.8. The van der Waals surface area contributed by atoms with Crippen LogP contribution in [-0.2, 0) is 0 Å². The molecule has 0 bridgehead atoms. The Morgan fingerprint density at radius 2 is 1.65 bits per heavy atom. The number of halogens is 3. The molecular weight excluding hydrogens is 329 g/mol. The molecule has 0 fully saturated rings. The lowest BCUT2D eigenvalue weighted by atomic mass is 10.2. The van der Waals surface area contributed by atoms with Gasteiger partial charge in [-0.2, -0.15) is 0 Å². The molecule has 0 saturated carbocycles. The van der Waals surface area contributed by atoms with Gasteiger partial charge in [-0.15, -0.1) is 12.6 Å². The van der Waals surface area contributed by atoms with Gasteiger partial charge in [0.25, 0.3) is 5.91 Å². The lowest BCUT2D eigenvalue weighted by molar-refractivity contribution is 0.0957. The van der Waals surface area contributed by atoms with Crippen LogP contribution in [0.5, 0.6) is 0 Å². The number of imide groups is 1. The average Bonchev–Trinajstić information content (AvgIpc) is 2.46. The van der Waals surface area contributed by atoms with Crippen LogP contribution in [0.2, 0.25) is 0 Å². The molecule has 4 nitrogen and oxygen atoms in total. The molecule has 23 heavy (non-hydrogen) atoms. The third-order valence-corrected chi connectivity index (χ3v) is 3.29. The maximum Gasteiger partial charge on any atom is 0.328 e. The van der Waals surface area contributed by atoms with Crippen molar-refractivity contribution in [3.63, 3.8) is 0 Å². The van der Waals surface area contributed by atoms with Crippen molar-refractivity contribution >= 4 is 30.3 Å². The van der Waals surface area contributed by atoms with Gasteiger partial charge < -0.3 is 0 Å². The summed E-state index contributed by atoms with van der Waals surface area (Å²) in [6.07, 6.45) is 0. The fraction of sp³-hybridized carbons (Fsp3) is 0.0667. The van der Waals surface area contributed by atoms with E-state index in [-0.39, 0.29) is 5.69 Å². The Morgan fingerprint density at radius 3 is 2.22 bits per heavy atom. The van der Waals surface area contributed by atoms with E-state index in [2.05, 4.69) is 12.6 Å². The number of urea groups is 1. The zero-order chi connectivity index (χ0) is 17.1. The molecule has 2 aromatic carbocycles. The third-order valence-electron chi connectivity index (χ3n) is 3.01. The van der Waals surface area contributed by atoms with Gasteiger partial charge in [0.2, 0.25) is 0 Å². The van der Waals surface area contributed by atoms with Gasteiger partial charge in [0, 0.05) is 11.9 Å². The summed E-state index contributed by atoms with van der Waals surface area (Å²) in [6.45, 7) is 0. The fourth-order valence-corrected chi connectivity index (χ4v) is 2.02. The molecule has 1 N–H and O–H groups in total. The van der Waals surface area contributed by atoms with Gasteiger partial charge in [-0.3, -0.25) is 15.0 Å². The first kappa shape index (κ1) is 16.9. The minimum absolute atomic E-state index is 0.123. The normalized spacial score (nSPS) is 10.3. The van der Waals surface area contributed by atoms with Crippen molar-refractivity contribution in [2.24, 2.45) is 0 Å². The van der Waals surface area contributed by atoms with E-state index >= 15 is 0 Å². The summed E-state index contributed by atoms with van der Waals surface area (Å²) >= 11 is 3.95. The highest BCUT2D eigenvalue weighted by molar-refractivity contribution is 7.80. The Bertz CT molecular complexity index is 763. The number of rotatable bonds is 2. The summed E-state index contributed by atoms with van der Waals surface area (Å²) in [5.74, 6) is -4.21. The van der Waals surface area contributed by atoms with Crippen molar-refractivity contribution in [3.05, 3.63) is 59.4 Å². The van der Waals surface area contributed by atoms with Gasteiger partial charge in [-0.1, -0.05) is 6.07 Å². The molecule has 0 aliphatic heterocycles. The summed E-state index contributed by atoms with van der Waals surface area (Å²) < 4.78 is 40.8. The van der Waals surface area contributed by atoms with E-state index in [1.165, 1.54) is 19.2 Å². The molecule has 0 radical (unpaired) electrons. The second-order valence-electron chi connectivity index (χ2n) is 4.55. The molecule has 2 rings (SSSR count). The van der Waals surface area contributed by atoms with Gasteiger partial charge in [-0.05, 0) is 30.3 Å². The third kappa shape index (κ3) is 3.65. The number of benzene rings is 2. The highest BCUT2D eigenvalue weighted by atomic mass is 32.1. The van der Waals surface area contributed by atoms with Crippen molar-refractivity contribution in [2.75, 3.05) is 11.9 Å². The van der Waals surface area contributed by atoms with E-state index in [0.29, 0.717) is 4.90 Å². The second kappa shape index (κ2) is 6.74. The minimum Gasteiger partial charge on any atom is -0.294 e. The molecule has 0 aliphatic rings. The number of carbonyl (C=O) groups is 2. The molecular formula is C15H11F3N2O2S. The summed E-state index contributed by atoms with van der Waals surface area (Å²) in [5, 5.41) is 1.80. The topological polar surface area (TPSA) is 49.4 Å². The standard InChI is InChI=1S/C15H11F3N2O2S/c1-20(12-6-5-8(23)7-11(12)18)15(22)19-14(21)13-9(16)3-2-4-10(13)17/h2-7,23H,1H3,(H,19,21,22). The highest BCUT2D eigenvalue weighted by Gasteiger charge is 2.22. The number of nitrogens with one attached hydrogen (secondary N) is 1. The summed E-state index contributed by atoms with van der Waals surface area (Å²) in [7, 11) is 1.21. The van der Waals surface area contributed by atoms with Crippen LogP contribution in [0.15, 0.2) is 41.3 Å². The average molecular weight is 340 g/mol. The molecule has 0 aromatic heterocycles. The van der Waals surface area contributed by atoms with E-state index in [1.807, 2.05) is 0 Å². The first-order valence-corrected chi connectivity index (χ1v) is 6.77. The molecule has 2 aromatic rings. The first-order valence-electron chi connectivity index (χ1n) is 6.33. The van der Waals surface area contributed by atoms with Crippen LogP contribution < -0.4 is 10.2 Å². The van der Waals surface area contributed by atoms with E-state index in [9.17, 15) is 22.8 Å². The Balaban J connectivity index is 2.20. The number of amides is 3. The molecule has 3 amide bonds. The zero-order valence-electron chi connectivity index (χ0n) is 11.8. The lowest BCUT2D eigenvalue weighted by Crippen LogP contribution is -2.41. The molecule has 0 heterocycles. The smallest absolute Gasteiger partial charge is 0.294 e. The maximum absolute atomic E-state index is 13.8. The SMILES string of the molecule is CN(C(=O)NC(=O)c1c(F)cccc1F)c1ccc(S)cc1F. The predicted molar refractivity (Wildman–Crippen MR) is 81.3 cm³/mol. The molecule has 120 valence electrons. The van der Waals surface area contributed by atoms with Crippen LogP contribution in [0.3, 0.4) is 0 Å². The monoisotopic (exact) mass is 340 g/mol. The molecule has 0 saturated heterocycles. The lowest BCUT2D eigenvalue weighted by Gasteiger charge is -2.18. The number of hydrogen-bond acceptors (Lipinski definition) is 3. The van der Waals surface area contributed by atoms with Gasteiger partial charge in [-0.25, -0.2) is 18.0 Å². The number of nitrogens with zero attached hydrogens (tertiary/aromatic N) is 1. The zero-order valence-corrected chi connectivity index (χ0v) is 12.7. The van der Waals surface area contributed by atoms with Crippen molar-refractivity contribution in [3.8, 4) is 0 Å². The van der Waals surface area contributed by atoms with Crippen molar-refractivity contribution in [1.82, 2.24) is 5.32 Å². The Hall–Kier alpha value is -2.48. The van der Waals surface area contributed by atoms with Gasteiger partial charge in [0.15, 0.2) is 0 Å². The molecule has 0 aliphatic carbocycles. The first-order chi connectivity index (χ1) is 10.8. The molecule has 0 spiro atoms. The van der Waals surface area contributed by atoms with Crippen LogP contribution in [0.25, 0.3) is 0 Å². The predicted octanol–water partition coefficient (Wildman–Crippen LogP) is 3.38. The molecule has 0 atom stereocenters. The van der Waals surface area contributed by atoms with E-state index < -0.39 is 35.0 Å². The van der Waals surface area contributed by atoms with Crippen molar-refractivity contribution < 1.29 is 22.8 Å². The Morgan fingerprint density at radius 1 is 1.04 bits per heavy atom. The van der Waals surface area contributed by atoms with Crippen molar-refractivity contribution in [2.45, 2.75) is 4.90 Å². The number of carbonyl (C=O) groups excluding carboxylic acids is 2. The van der Waals surface area contributed by atoms with E-state index in [1.54, 1.807) is 5.32 Å². The Kier molecular flexibility index (Phi) is 4.95. The number of anilines is 1. The van der Waals surface area contributed by atoms with Crippen LogP contribution in [0.4, 0.5) is 23.7 Å². The van der Waals surface area contributed by atoms with Gasteiger partial charge in [0.05, 0.1) is 5.69 Å². The summed E-state index contributed by atoms with van der Waals surface area (Å²) in [6, 6.07) is 5.64. The summed E-state index contributed by atoms with van der Waals surface area (Å²) in [4.78, 5) is 24.9. The van der Waals surface area contributed by atoms with Gasteiger partial charge in [0.1, 0.15) is 23.0 Å². The Labute approximate surface area is 135 Å². The summed E-state index contributed by atoms with van der Waals surface area (Å²) in [5.41, 5.74) is -1.01. The van der Waals surface area contributed by atoms with Crippen LogP contribution >= 0.6 is 12.6 Å². The quantitative estimate of drug-likeness (QED) is 0.824. The van der Waals surface area contributed by atoms with E-state index in [4.69, 9.17) is 0 Å². The van der Waals surface area contributed by atoms with Crippen LogP contribution in [-0.4, -0.2) is 19.0 Å². The fourth-order valence-electron chi connectivity index (χ4n) is 1.84.